The smallest absolute Gasteiger partial charge is 0.261 e. The predicted molar refractivity (Wildman–Crippen MR) is 115 cm³/mol. The maximum absolute atomic E-state index is 13.4. The molecule has 1 amide bonds. The van der Waals surface area contributed by atoms with Gasteiger partial charge in [0.2, 0.25) is 0 Å². The Morgan fingerprint density at radius 2 is 1.74 bits per heavy atom. The van der Waals surface area contributed by atoms with Crippen molar-refractivity contribution in [2.45, 2.75) is 12.5 Å². The summed E-state index contributed by atoms with van der Waals surface area (Å²) in [7, 11) is 3.21. The van der Waals surface area contributed by atoms with Gasteiger partial charge in [0.15, 0.2) is 18.1 Å². The van der Waals surface area contributed by atoms with Crippen molar-refractivity contribution in [2.24, 2.45) is 0 Å². The molecule has 0 unspecified atom stereocenters. The largest absolute Gasteiger partial charge is 0.493 e. The van der Waals surface area contributed by atoms with Crippen molar-refractivity contribution < 1.29 is 23.4 Å². The summed E-state index contributed by atoms with van der Waals surface area (Å²) in [5, 5.41) is 0. The molecule has 0 fully saturated rings. The first kappa shape index (κ1) is 20.7. The van der Waals surface area contributed by atoms with Gasteiger partial charge in [-0.2, -0.15) is 0 Å². The molecule has 0 spiro atoms. The van der Waals surface area contributed by atoms with Crippen molar-refractivity contribution in [3.63, 3.8) is 0 Å². The average molecular weight is 421 g/mol. The average Bonchev–Trinajstić information content (AvgIpc) is 2.81. The van der Waals surface area contributed by atoms with E-state index in [1.165, 1.54) is 12.1 Å². The van der Waals surface area contributed by atoms with E-state index in [9.17, 15) is 9.18 Å². The molecule has 0 bridgehead atoms. The predicted octanol–water partition coefficient (Wildman–Crippen LogP) is 4.40. The van der Waals surface area contributed by atoms with Crippen LogP contribution in [0.15, 0.2) is 66.7 Å². The van der Waals surface area contributed by atoms with Crippen molar-refractivity contribution in [3.8, 4) is 17.2 Å². The summed E-state index contributed by atoms with van der Waals surface area (Å²) in [5.74, 6) is 1.04. The molecular weight excluding hydrogens is 397 g/mol. The van der Waals surface area contributed by atoms with E-state index >= 15 is 0 Å². The van der Waals surface area contributed by atoms with Crippen molar-refractivity contribution in [3.05, 3.63) is 89.2 Å². The highest BCUT2D eigenvalue weighted by Gasteiger charge is 2.33. The second-order valence-corrected chi connectivity index (χ2v) is 7.30. The van der Waals surface area contributed by atoms with Crippen LogP contribution in [0.4, 0.5) is 4.39 Å². The Morgan fingerprint density at radius 3 is 2.45 bits per heavy atom. The van der Waals surface area contributed by atoms with Gasteiger partial charge in [-0.3, -0.25) is 4.79 Å². The number of carbonyl (C=O) groups excluding carboxylic acids is 1. The van der Waals surface area contributed by atoms with Crippen LogP contribution in [0.1, 0.15) is 22.7 Å². The Hall–Kier alpha value is -3.54. The fourth-order valence-electron chi connectivity index (χ4n) is 3.99. The van der Waals surface area contributed by atoms with Crippen LogP contribution < -0.4 is 14.2 Å². The van der Waals surface area contributed by atoms with Gasteiger partial charge >= 0.3 is 0 Å². The molecular formula is C25H24FNO4. The molecule has 160 valence electrons. The zero-order chi connectivity index (χ0) is 21.8. The Balaban J connectivity index is 1.67. The minimum atomic E-state index is -0.403. The monoisotopic (exact) mass is 421 g/mol. The second-order valence-electron chi connectivity index (χ2n) is 7.30. The quantitative estimate of drug-likeness (QED) is 0.592. The third-order valence-corrected chi connectivity index (χ3v) is 5.47. The van der Waals surface area contributed by atoms with E-state index in [1.807, 2.05) is 47.4 Å². The van der Waals surface area contributed by atoms with E-state index in [4.69, 9.17) is 14.2 Å². The number of ether oxygens (including phenoxy) is 3. The number of amides is 1. The Morgan fingerprint density at radius 1 is 1.00 bits per heavy atom. The van der Waals surface area contributed by atoms with Crippen LogP contribution in [0.2, 0.25) is 0 Å². The molecule has 31 heavy (non-hydrogen) atoms. The molecule has 0 radical (unpaired) electrons. The molecule has 0 aliphatic carbocycles. The molecule has 4 rings (SSSR count). The van der Waals surface area contributed by atoms with Gasteiger partial charge in [-0.15, -0.1) is 0 Å². The molecule has 1 atom stereocenters. The van der Waals surface area contributed by atoms with Gasteiger partial charge in [0.1, 0.15) is 11.6 Å². The van der Waals surface area contributed by atoms with E-state index in [0.29, 0.717) is 30.2 Å². The summed E-state index contributed by atoms with van der Waals surface area (Å²) in [6.45, 7) is 0.364. The van der Waals surface area contributed by atoms with Crippen LogP contribution in [0, 0.1) is 5.82 Å². The lowest BCUT2D eigenvalue weighted by atomic mass is 9.87. The normalized spacial score (nSPS) is 15.2. The van der Waals surface area contributed by atoms with Crippen LogP contribution >= 0.6 is 0 Å². The zero-order valence-corrected chi connectivity index (χ0v) is 17.5. The summed E-state index contributed by atoms with van der Waals surface area (Å²) >= 11 is 0. The number of fused-ring (bicyclic) bond motifs is 1. The summed E-state index contributed by atoms with van der Waals surface area (Å²) in [6.07, 6.45) is 0.685. The van der Waals surface area contributed by atoms with Gasteiger partial charge in [-0.25, -0.2) is 4.39 Å². The van der Waals surface area contributed by atoms with Gasteiger partial charge in [0.25, 0.3) is 5.91 Å². The highest BCUT2D eigenvalue weighted by molar-refractivity contribution is 5.79. The maximum atomic E-state index is 13.4. The Kier molecular flexibility index (Phi) is 6.07. The first-order valence-electron chi connectivity index (χ1n) is 10.1. The Labute approximate surface area is 181 Å². The molecule has 5 nitrogen and oxygen atoms in total. The van der Waals surface area contributed by atoms with Crippen LogP contribution in [-0.4, -0.2) is 38.2 Å². The van der Waals surface area contributed by atoms with Crippen LogP contribution in [0.25, 0.3) is 0 Å². The van der Waals surface area contributed by atoms with Crippen LogP contribution in [0.3, 0.4) is 0 Å². The first-order chi connectivity index (χ1) is 15.1. The molecule has 0 aromatic heterocycles. The lowest BCUT2D eigenvalue weighted by Gasteiger charge is -2.38. The maximum Gasteiger partial charge on any atom is 0.261 e. The zero-order valence-electron chi connectivity index (χ0n) is 17.5. The van der Waals surface area contributed by atoms with E-state index < -0.39 is 5.82 Å². The van der Waals surface area contributed by atoms with E-state index in [0.717, 1.165) is 16.7 Å². The Bertz CT molecular complexity index is 1070. The molecule has 1 aliphatic rings. The number of hydrogen-bond acceptors (Lipinski definition) is 4. The molecule has 3 aromatic rings. The molecule has 0 saturated heterocycles. The van der Waals surface area contributed by atoms with Crippen LogP contribution in [-0.2, 0) is 11.2 Å². The summed E-state index contributed by atoms with van der Waals surface area (Å²) in [4.78, 5) is 15.0. The van der Waals surface area contributed by atoms with Crippen molar-refractivity contribution >= 4 is 5.91 Å². The number of carbonyl (C=O) groups is 1. The molecule has 1 heterocycles. The summed E-state index contributed by atoms with van der Waals surface area (Å²) in [6, 6.07) is 19.3. The van der Waals surface area contributed by atoms with E-state index in [1.54, 1.807) is 26.4 Å². The molecule has 6 heteroatoms. The second kappa shape index (κ2) is 9.08. The number of methoxy groups -OCH3 is 2. The molecule has 1 aliphatic heterocycles. The fraction of sp³-hybridized carbons (Fsp3) is 0.240. The first-order valence-corrected chi connectivity index (χ1v) is 10.1. The number of nitrogens with zero attached hydrogens (tertiary/aromatic N) is 1. The minimum absolute atomic E-state index is 0.168. The highest BCUT2D eigenvalue weighted by Crippen LogP contribution is 2.41. The lowest BCUT2D eigenvalue weighted by Crippen LogP contribution is -2.43. The fourth-order valence-corrected chi connectivity index (χ4v) is 3.99. The van der Waals surface area contributed by atoms with Gasteiger partial charge in [0.05, 0.1) is 20.3 Å². The van der Waals surface area contributed by atoms with Gasteiger partial charge < -0.3 is 19.1 Å². The highest BCUT2D eigenvalue weighted by atomic mass is 19.1. The van der Waals surface area contributed by atoms with Gasteiger partial charge in [-0.1, -0.05) is 36.4 Å². The van der Waals surface area contributed by atoms with Gasteiger partial charge in [-0.05, 0) is 47.4 Å². The standard InChI is InChI=1S/C25H24FNO4/c1-29-22-13-18-11-12-27(24(28)16-31-20-10-6-9-19(26)14-20)25(17-7-4-3-5-8-17)21(18)15-23(22)30-2/h3-10,13-15,25H,11-12,16H2,1-2H3/t25-/m1/s1. The van der Waals surface area contributed by atoms with Gasteiger partial charge in [0, 0.05) is 12.6 Å². The number of benzene rings is 3. The van der Waals surface area contributed by atoms with E-state index in [-0.39, 0.29) is 18.6 Å². The van der Waals surface area contributed by atoms with Crippen molar-refractivity contribution in [1.82, 2.24) is 4.90 Å². The van der Waals surface area contributed by atoms with Crippen molar-refractivity contribution in [1.29, 1.82) is 0 Å². The molecule has 3 aromatic carbocycles. The number of halogens is 1. The van der Waals surface area contributed by atoms with Crippen molar-refractivity contribution in [2.75, 3.05) is 27.4 Å². The third kappa shape index (κ3) is 4.33. The number of hydrogen-bond donors (Lipinski definition) is 0. The summed E-state index contributed by atoms with van der Waals surface area (Å²) in [5.41, 5.74) is 3.10. The topological polar surface area (TPSA) is 48.0 Å². The van der Waals surface area contributed by atoms with E-state index in [2.05, 4.69) is 0 Å². The lowest BCUT2D eigenvalue weighted by molar-refractivity contribution is -0.135. The molecule has 0 saturated carbocycles. The van der Waals surface area contributed by atoms with Crippen LogP contribution in [0.5, 0.6) is 17.2 Å². The SMILES string of the molecule is COc1cc2c(cc1OC)[C@@H](c1ccccc1)N(C(=O)COc1cccc(F)c1)CC2. The summed E-state index contributed by atoms with van der Waals surface area (Å²) < 4.78 is 30.0. The molecule has 0 N–H and O–H groups in total. The number of rotatable bonds is 6. The third-order valence-electron chi connectivity index (χ3n) is 5.47. The minimum Gasteiger partial charge on any atom is -0.493 e.